The van der Waals surface area contributed by atoms with E-state index in [0.29, 0.717) is 37.5 Å². The average Bonchev–Trinajstić information content (AvgIpc) is 3.27. The van der Waals surface area contributed by atoms with Crippen molar-refractivity contribution in [2.24, 2.45) is 11.3 Å². The van der Waals surface area contributed by atoms with Crippen LogP contribution >= 0.6 is 0 Å². The van der Waals surface area contributed by atoms with Gasteiger partial charge < -0.3 is 9.80 Å². The summed E-state index contributed by atoms with van der Waals surface area (Å²) in [6.07, 6.45) is 2.80. The van der Waals surface area contributed by atoms with Gasteiger partial charge >= 0.3 is 0 Å². The first-order valence-corrected chi connectivity index (χ1v) is 10.6. The lowest BCUT2D eigenvalue weighted by Crippen LogP contribution is -2.38. The van der Waals surface area contributed by atoms with Crippen molar-refractivity contribution in [1.82, 2.24) is 20.0 Å². The number of carbonyl (C=O) groups excluding carboxylic acids is 2. The van der Waals surface area contributed by atoms with Crippen molar-refractivity contribution in [3.8, 4) is 0 Å². The standard InChI is InChI=1S/C23H28N4O3/c1-17(28)26-13-19-14-27(22(30)10-8-20-7-9-21(29)25-24-20)16-23(19,15-26)12-11-18-5-3-2-4-6-18/h2-7,9,19H,8,10-16H2,1H3,(H,25,29)/t19-,23+/m1/s1. The van der Waals surface area contributed by atoms with Crippen LogP contribution in [0.4, 0.5) is 0 Å². The Hall–Kier alpha value is -2.96. The molecule has 4 rings (SSSR count). The molecule has 0 aliphatic carbocycles. The van der Waals surface area contributed by atoms with Gasteiger partial charge in [-0.25, -0.2) is 5.10 Å². The van der Waals surface area contributed by atoms with Crippen LogP contribution in [0.1, 0.15) is 31.0 Å². The quantitative estimate of drug-likeness (QED) is 0.787. The van der Waals surface area contributed by atoms with Crippen LogP contribution in [0, 0.1) is 11.3 Å². The Morgan fingerprint density at radius 3 is 2.50 bits per heavy atom. The molecule has 2 amide bonds. The molecule has 2 fully saturated rings. The molecule has 1 aromatic carbocycles. The number of hydrogen-bond acceptors (Lipinski definition) is 4. The molecule has 7 nitrogen and oxygen atoms in total. The van der Waals surface area contributed by atoms with Gasteiger partial charge in [-0.15, -0.1) is 0 Å². The van der Waals surface area contributed by atoms with E-state index in [1.54, 1.807) is 13.0 Å². The first kappa shape index (κ1) is 20.3. The number of aromatic nitrogens is 2. The SMILES string of the molecule is CC(=O)N1C[C@@H]2CN(C(=O)CCc3ccc(=O)[nH]n3)C[C@]2(CCc2ccccc2)C1. The molecule has 7 heteroatoms. The summed E-state index contributed by atoms with van der Waals surface area (Å²) in [6.45, 7) is 4.50. The molecule has 0 bridgehead atoms. The van der Waals surface area contributed by atoms with Crippen molar-refractivity contribution >= 4 is 11.8 Å². The molecule has 2 saturated heterocycles. The molecule has 0 radical (unpaired) electrons. The van der Waals surface area contributed by atoms with Gasteiger partial charge in [-0.05, 0) is 24.5 Å². The molecular formula is C23H28N4O3. The number of rotatable bonds is 6. The minimum absolute atomic E-state index is 0.0343. The maximum absolute atomic E-state index is 12.9. The summed E-state index contributed by atoms with van der Waals surface area (Å²) in [4.78, 5) is 40.0. The molecule has 2 aliphatic rings. The molecule has 30 heavy (non-hydrogen) atoms. The van der Waals surface area contributed by atoms with E-state index in [0.717, 1.165) is 25.9 Å². The van der Waals surface area contributed by atoms with Crippen LogP contribution < -0.4 is 5.56 Å². The van der Waals surface area contributed by atoms with E-state index in [9.17, 15) is 14.4 Å². The summed E-state index contributed by atoms with van der Waals surface area (Å²) in [7, 11) is 0. The van der Waals surface area contributed by atoms with Crippen LogP contribution in [-0.2, 0) is 22.4 Å². The zero-order valence-electron chi connectivity index (χ0n) is 17.3. The fraction of sp³-hybridized carbons (Fsp3) is 0.478. The lowest BCUT2D eigenvalue weighted by atomic mass is 9.76. The van der Waals surface area contributed by atoms with E-state index >= 15 is 0 Å². The van der Waals surface area contributed by atoms with Crippen LogP contribution in [0.25, 0.3) is 0 Å². The molecule has 2 atom stereocenters. The zero-order valence-corrected chi connectivity index (χ0v) is 17.3. The number of nitrogens with zero attached hydrogens (tertiary/aromatic N) is 3. The molecule has 2 aromatic rings. The monoisotopic (exact) mass is 408 g/mol. The number of carbonyl (C=O) groups is 2. The van der Waals surface area contributed by atoms with Crippen molar-refractivity contribution in [2.45, 2.75) is 32.6 Å². The fourth-order valence-corrected chi connectivity index (χ4v) is 4.91. The predicted molar refractivity (Wildman–Crippen MR) is 113 cm³/mol. The largest absolute Gasteiger partial charge is 0.342 e. The van der Waals surface area contributed by atoms with Crippen LogP contribution in [0.5, 0.6) is 0 Å². The molecule has 2 aliphatic heterocycles. The minimum Gasteiger partial charge on any atom is -0.342 e. The van der Waals surface area contributed by atoms with Gasteiger partial charge in [0, 0.05) is 63.3 Å². The highest BCUT2D eigenvalue weighted by atomic mass is 16.2. The highest BCUT2D eigenvalue weighted by Gasteiger charge is 2.53. The minimum atomic E-state index is -0.243. The number of nitrogens with one attached hydrogen (secondary N) is 1. The van der Waals surface area contributed by atoms with E-state index in [1.165, 1.54) is 11.6 Å². The second kappa shape index (κ2) is 8.42. The summed E-state index contributed by atoms with van der Waals surface area (Å²) in [5, 5.41) is 6.40. The lowest BCUT2D eigenvalue weighted by molar-refractivity contribution is -0.131. The maximum atomic E-state index is 12.9. The number of aryl methyl sites for hydroxylation is 2. The van der Waals surface area contributed by atoms with Crippen molar-refractivity contribution in [2.75, 3.05) is 26.2 Å². The molecule has 3 heterocycles. The number of hydrogen-bond donors (Lipinski definition) is 1. The van der Waals surface area contributed by atoms with Gasteiger partial charge in [0.15, 0.2) is 0 Å². The molecular weight excluding hydrogens is 380 g/mol. The number of fused-ring (bicyclic) bond motifs is 1. The topological polar surface area (TPSA) is 86.4 Å². The lowest BCUT2D eigenvalue weighted by Gasteiger charge is -2.29. The van der Waals surface area contributed by atoms with Crippen LogP contribution in [0.2, 0.25) is 0 Å². The first-order valence-electron chi connectivity index (χ1n) is 10.6. The molecule has 0 unspecified atom stereocenters. The van der Waals surface area contributed by atoms with E-state index in [-0.39, 0.29) is 22.8 Å². The van der Waals surface area contributed by atoms with Gasteiger partial charge in [0.25, 0.3) is 5.56 Å². The second-order valence-corrected chi connectivity index (χ2v) is 8.63. The third kappa shape index (κ3) is 4.30. The van der Waals surface area contributed by atoms with Gasteiger partial charge in [-0.1, -0.05) is 30.3 Å². The third-order valence-electron chi connectivity index (χ3n) is 6.64. The number of amides is 2. The summed E-state index contributed by atoms with van der Waals surface area (Å²) < 4.78 is 0. The summed E-state index contributed by atoms with van der Waals surface area (Å²) in [6, 6.07) is 13.5. The summed E-state index contributed by atoms with van der Waals surface area (Å²) >= 11 is 0. The van der Waals surface area contributed by atoms with Crippen molar-refractivity contribution in [3.05, 3.63) is 64.1 Å². The highest BCUT2D eigenvalue weighted by molar-refractivity contribution is 5.77. The Labute approximate surface area is 176 Å². The molecule has 1 aromatic heterocycles. The highest BCUT2D eigenvalue weighted by Crippen LogP contribution is 2.46. The Morgan fingerprint density at radius 1 is 1.07 bits per heavy atom. The van der Waals surface area contributed by atoms with E-state index in [4.69, 9.17) is 0 Å². The fourth-order valence-electron chi connectivity index (χ4n) is 4.91. The number of likely N-dealkylation sites (tertiary alicyclic amines) is 2. The van der Waals surface area contributed by atoms with Crippen molar-refractivity contribution < 1.29 is 9.59 Å². The average molecular weight is 409 g/mol. The first-order chi connectivity index (χ1) is 14.4. The number of benzene rings is 1. The van der Waals surface area contributed by atoms with Crippen LogP contribution in [-0.4, -0.2) is 58.0 Å². The third-order valence-corrected chi connectivity index (χ3v) is 6.64. The van der Waals surface area contributed by atoms with Gasteiger partial charge in [0.05, 0.1) is 5.69 Å². The second-order valence-electron chi connectivity index (χ2n) is 8.63. The van der Waals surface area contributed by atoms with Crippen molar-refractivity contribution in [1.29, 1.82) is 0 Å². The van der Waals surface area contributed by atoms with Gasteiger partial charge in [0.1, 0.15) is 0 Å². The Kier molecular flexibility index (Phi) is 5.70. The van der Waals surface area contributed by atoms with E-state index in [1.807, 2.05) is 15.9 Å². The Morgan fingerprint density at radius 2 is 1.80 bits per heavy atom. The number of H-pyrrole nitrogens is 1. The summed E-state index contributed by atoms with van der Waals surface area (Å²) in [5.74, 6) is 0.552. The molecule has 0 spiro atoms. The van der Waals surface area contributed by atoms with Gasteiger partial charge in [-0.2, -0.15) is 5.10 Å². The zero-order chi connectivity index (χ0) is 21.1. The molecule has 158 valence electrons. The molecule has 1 N–H and O–H groups in total. The van der Waals surface area contributed by atoms with E-state index < -0.39 is 0 Å². The normalized spacial score (nSPS) is 22.9. The number of aromatic amines is 1. The smallest absolute Gasteiger partial charge is 0.264 e. The Balaban J connectivity index is 1.42. The van der Waals surface area contributed by atoms with Gasteiger partial charge in [-0.3, -0.25) is 14.4 Å². The summed E-state index contributed by atoms with van der Waals surface area (Å²) in [5.41, 5.74) is 1.73. The maximum Gasteiger partial charge on any atom is 0.264 e. The van der Waals surface area contributed by atoms with Crippen LogP contribution in [0.3, 0.4) is 0 Å². The van der Waals surface area contributed by atoms with E-state index in [2.05, 4.69) is 34.5 Å². The van der Waals surface area contributed by atoms with Crippen LogP contribution in [0.15, 0.2) is 47.3 Å². The van der Waals surface area contributed by atoms with Crippen molar-refractivity contribution in [3.63, 3.8) is 0 Å². The Bertz CT molecular complexity index is 953. The van der Waals surface area contributed by atoms with Gasteiger partial charge in [0.2, 0.25) is 11.8 Å². The molecule has 0 saturated carbocycles. The predicted octanol–water partition coefficient (Wildman–Crippen LogP) is 1.64.